The van der Waals surface area contributed by atoms with Crippen LogP contribution in [0, 0.1) is 17.8 Å². The fraction of sp³-hybridized carbons (Fsp3) is 0.917. The summed E-state index contributed by atoms with van der Waals surface area (Å²) in [5, 5.41) is 7.08. The maximum Gasteiger partial charge on any atom is 0.220 e. The molecule has 0 bridgehead atoms. The summed E-state index contributed by atoms with van der Waals surface area (Å²) in [6, 6.07) is 0. The fourth-order valence-electron chi connectivity index (χ4n) is 3.76. The molecule has 3 aliphatic rings. The first-order valence-corrected chi connectivity index (χ1v) is 6.46. The van der Waals surface area contributed by atoms with Gasteiger partial charge in [0, 0.05) is 11.5 Å². The van der Waals surface area contributed by atoms with Crippen LogP contribution in [0.15, 0.2) is 0 Å². The van der Waals surface area contributed by atoms with Gasteiger partial charge in [-0.15, -0.1) is 0 Å². The van der Waals surface area contributed by atoms with Crippen LogP contribution in [-0.4, -0.2) is 31.1 Å². The second-order valence-corrected chi connectivity index (χ2v) is 5.74. The molecule has 3 unspecified atom stereocenters. The van der Waals surface area contributed by atoms with Crippen molar-refractivity contribution >= 4 is 5.91 Å². The molecule has 0 aromatic heterocycles. The summed E-state index contributed by atoms with van der Waals surface area (Å²) in [6.45, 7) is 3.29. The van der Waals surface area contributed by atoms with Crippen molar-refractivity contribution in [2.24, 2.45) is 23.5 Å². The van der Waals surface area contributed by atoms with Crippen molar-refractivity contribution in [3.63, 3.8) is 0 Å². The molecule has 0 aromatic rings. The van der Waals surface area contributed by atoms with Gasteiger partial charge in [-0.3, -0.25) is 4.79 Å². The van der Waals surface area contributed by atoms with Crippen LogP contribution in [-0.2, 0) is 4.79 Å². The first-order chi connectivity index (χ1) is 7.71. The number of amides is 1. The summed E-state index contributed by atoms with van der Waals surface area (Å²) in [4.78, 5) is 11.3. The standard InChI is InChI=1S/C12H21N3O/c13-11(16)8-2-4-15-12(5-8)6-10(12)9-1-3-14-7-9/h8-10,14-15H,1-7H2,(H2,13,16)/t8?,9-,10?,12?/m0/s1. The number of carbonyl (C=O) groups is 1. The second kappa shape index (κ2) is 3.70. The Bertz CT molecular complexity index is 301. The lowest BCUT2D eigenvalue weighted by Gasteiger charge is -2.31. The minimum absolute atomic E-state index is 0.101. The summed E-state index contributed by atoms with van der Waals surface area (Å²) >= 11 is 0. The molecule has 4 heteroatoms. The monoisotopic (exact) mass is 223 g/mol. The topological polar surface area (TPSA) is 67.2 Å². The van der Waals surface area contributed by atoms with Gasteiger partial charge in [0.25, 0.3) is 0 Å². The molecule has 0 radical (unpaired) electrons. The summed E-state index contributed by atoms with van der Waals surface area (Å²) in [6.07, 6.45) is 4.45. The number of rotatable bonds is 2. The summed E-state index contributed by atoms with van der Waals surface area (Å²) in [5.41, 5.74) is 5.71. The Morgan fingerprint density at radius 1 is 1.25 bits per heavy atom. The molecule has 3 fully saturated rings. The molecule has 16 heavy (non-hydrogen) atoms. The van der Waals surface area contributed by atoms with Gasteiger partial charge in [0.2, 0.25) is 5.91 Å². The fourth-order valence-corrected chi connectivity index (χ4v) is 3.76. The molecule has 1 aliphatic carbocycles. The maximum absolute atomic E-state index is 11.3. The third-order valence-corrected chi connectivity index (χ3v) is 4.78. The first kappa shape index (κ1) is 10.5. The Balaban J connectivity index is 1.64. The lowest BCUT2D eigenvalue weighted by atomic mass is 9.86. The molecule has 1 saturated carbocycles. The van der Waals surface area contributed by atoms with Gasteiger partial charge < -0.3 is 16.4 Å². The van der Waals surface area contributed by atoms with Gasteiger partial charge in [0.1, 0.15) is 0 Å². The highest BCUT2D eigenvalue weighted by Crippen LogP contribution is 2.55. The molecule has 2 heterocycles. The summed E-state index contributed by atoms with van der Waals surface area (Å²) in [5.74, 6) is 1.61. The van der Waals surface area contributed by atoms with E-state index in [1.807, 2.05) is 0 Å². The van der Waals surface area contributed by atoms with Crippen molar-refractivity contribution < 1.29 is 4.79 Å². The number of piperidine rings is 1. The zero-order valence-electron chi connectivity index (χ0n) is 9.67. The lowest BCUT2D eigenvalue weighted by molar-refractivity contribution is -0.123. The molecular weight excluding hydrogens is 202 g/mol. The van der Waals surface area contributed by atoms with Gasteiger partial charge in [-0.05, 0) is 57.2 Å². The van der Waals surface area contributed by atoms with Crippen LogP contribution in [0.3, 0.4) is 0 Å². The second-order valence-electron chi connectivity index (χ2n) is 5.74. The predicted molar refractivity (Wildman–Crippen MR) is 61.7 cm³/mol. The van der Waals surface area contributed by atoms with Crippen LogP contribution in [0.5, 0.6) is 0 Å². The molecular formula is C12H21N3O. The molecule has 2 aliphatic heterocycles. The van der Waals surface area contributed by atoms with E-state index in [1.54, 1.807) is 0 Å². The van der Waals surface area contributed by atoms with Crippen LogP contribution in [0.1, 0.15) is 25.7 Å². The zero-order chi connectivity index (χ0) is 11.2. The minimum atomic E-state index is -0.101. The van der Waals surface area contributed by atoms with Crippen molar-refractivity contribution in [1.82, 2.24) is 10.6 Å². The van der Waals surface area contributed by atoms with E-state index >= 15 is 0 Å². The highest BCUT2D eigenvalue weighted by atomic mass is 16.1. The van der Waals surface area contributed by atoms with Crippen molar-refractivity contribution in [3.8, 4) is 0 Å². The number of nitrogens with one attached hydrogen (secondary N) is 2. The van der Waals surface area contributed by atoms with E-state index in [-0.39, 0.29) is 17.4 Å². The van der Waals surface area contributed by atoms with Gasteiger partial charge in [0.05, 0.1) is 0 Å². The highest BCUT2D eigenvalue weighted by molar-refractivity contribution is 5.77. The Morgan fingerprint density at radius 2 is 2.12 bits per heavy atom. The number of hydrogen-bond donors (Lipinski definition) is 3. The average Bonchev–Trinajstić information content (AvgIpc) is 2.77. The van der Waals surface area contributed by atoms with E-state index in [4.69, 9.17) is 5.73 Å². The number of carbonyl (C=O) groups excluding carboxylic acids is 1. The van der Waals surface area contributed by atoms with Crippen LogP contribution in [0.4, 0.5) is 0 Å². The Kier molecular flexibility index (Phi) is 2.44. The first-order valence-electron chi connectivity index (χ1n) is 6.46. The van der Waals surface area contributed by atoms with Gasteiger partial charge in [-0.25, -0.2) is 0 Å². The smallest absolute Gasteiger partial charge is 0.220 e. The van der Waals surface area contributed by atoms with Crippen molar-refractivity contribution in [2.75, 3.05) is 19.6 Å². The zero-order valence-corrected chi connectivity index (χ0v) is 9.67. The molecule has 2 saturated heterocycles. The predicted octanol–water partition coefficient (Wildman–Crippen LogP) is -0.160. The largest absolute Gasteiger partial charge is 0.369 e. The van der Waals surface area contributed by atoms with Gasteiger partial charge in [0.15, 0.2) is 0 Å². The van der Waals surface area contributed by atoms with Crippen LogP contribution in [0.25, 0.3) is 0 Å². The molecule has 90 valence electrons. The Labute approximate surface area is 96.3 Å². The van der Waals surface area contributed by atoms with E-state index < -0.39 is 0 Å². The van der Waals surface area contributed by atoms with Crippen LogP contribution < -0.4 is 16.4 Å². The molecule has 1 amide bonds. The van der Waals surface area contributed by atoms with Crippen molar-refractivity contribution in [2.45, 2.75) is 31.2 Å². The van der Waals surface area contributed by atoms with Crippen molar-refractivity contribution in [3.05, 3.63) is 0 Å². The van der Waals surface area contributed by atoms with Gasteiger partial charge >= 0.3 is 0 Å². The van der Waals surface area contributed by atoms with E-state index in [9.17, 15) is 4.79 Å². The van der Waals surface area contributed by atoms with E-state index in [0.29, 0.717) is 0 Å². The number of primary amides is 1. The summed E-state index contributed by atoms with van der Waals surface area (Å²) in [7, 11) is 0. The Hall–Kier alpha value is -0.610. The third kappa shape index (κ3) is 1.64. The third-order valence-electron chi connectivity index (χ3n) is 4.78. The molecule has 3 rings (SSSR count). The molecule has 1 spiro atoms. The quantitative estimate of drug-likeness (QED) is 0.609. The summed E-state index contributed by atoms with van der Waals surface area (Å²) < 4.78 is 0. The molecule has 0 aromatic carbocycles. The van der Waals surface area contributed by atoms with E-state index in [1.165, 1.54) is 12.8 Å². The molecule has 4 N–H and O–H groups in total. The van der Waals surface area contributed by atoms with Crippen LogP contribution >= 0.6 is 0 Å². The minimum Gasteiger partial charge on any atom is -0.369 e. The number of hydrogen-bond acceptors (Lipinski definition) is 3. The average molecular weight is 223 g/mol. The van der Waals surface area contributed by atoms with E-state index in [2.05, 4.69) is 10.6 Å². The Morgan fingerprint density at radius 3 is 2.81 bits per heavy atom. The molecule has 4 atom stereocenters. The number of nitrogens with two attached hydrogens (primary N) is 1. The van der Waals surface area contributed by atoms with Gasteiger partial charge in [-0.1, -0.05) is 0 Å². The normalized spacial score (nSPS) is 47.1. The highest BCUT2D eigenvalue weighted by Gasteiger charge is 2.59. The van der Waals surface area contributed by atoms with E-state index in [0.717, 1.165) is 44.3 Å². The van der Waals surface area contributed by atoms with Crippen LogP contribution in [0.2, 0.25) is 0 Å². The molecule has 4 nitrogen and oxygen atoms in total. The SMILES string of the molecule is NC(=O)C1CCNC2(C1)CC2[C@H]1CCNC1. The maximum atomic E-state index is 11.3. The van der Waals surface area contributed by atoms with Gasteiger partial charge in [-0.2, -0.15) is 0 Å². The lowest BCUT2D eigenvalue weighted by Crippen LogP contribution is -2.46. The van der Waals surface area contributed by atoms with Crippen molar-refractivity contribution in [1.29, 1.82) is 0 Å².